The van der Waals surface area contributed by atoms with E-state index in [0.717, 1.165) is 11.4 Å². The Kier molecular flexibility index (Phi) is 6.43. The Bertz CT molecular complexity index is 1040. The molecule has 0 spiro atoms. The van der Waals surface area contributed by atoms with Crippen molar-refractivity contribution in [1.82, 2.24) is 0 Å². The third-order valence-electron chi connectivity index (χ3n) is 5.08. The number of hydrogen-bond acceptors (Lipinski definition) is 5. The fraction of sp³-hybridized carbons (Fsp3) is 0.273. The fourth-order valence-corrected chi connectivity index (χ4v) is 4.05. The first-order chi connectivity index (χ1) is 14.9. The second kappa shape index (κ2) is 9.24. The van der Waals surface area contributed by atoms with Gasteiger partial charge in [0.25, 0.3) is 0 Å². The lowest BCUT2D eigenvalue weighted by atomic mass is 10.2. The van der Waals surface area contributed by atoms with Crippen molar-refractivity contribution in [3.05, 3.63) is 72.5 Å². The van der Waals surface area contributed by atoms with Crippen LogP contribution in [0.4, 0.5) is 10.1 Å². The van der Waals surface area contributed by atoms with Gasteiger partial charge in [0.05, 0.1) is 12.6 Å². The first-order valence-electron chi connectivity index (χ1n) is 9.86. The number of anilines is 1. The highest BCUT2D eigenvalue weighted by atomic mass is 31.2. The quantitative estimate of drug-likeness (QED) is 0.504. The van der Waals surface area contributed by atoms with E-state index in [1.54, 1.807) is 0 Å². The Morgan fingerprint density at radius 1 is 1.03 bits per heavy atom. The number of nitrogens with zero attached hydrogens (tertiary/aromatic N) is 1. The lowest BCUT2D eigenvalue weighted by Crippen LogP contribution is -2.37. The van der Waals surface area contributed by atoms with Crippen molar-refractivity contribution in [1.29, 1.82) is 0 Å². The molecule has 2 N–H and O–H groups in total. The third kappa shape index (κ3) is 5.35. The van der Waals surface area contributed by atoms with E-state index in [1.165, 1.54) is 12.1 Å². The van der Waals surface area contributed by atoms with E-state index < -0.39 is 25.3 Å². The number of para-hydroxylation sites is 1. The van der Waals surface area contributed by atoms with Crippen molar-refractivity contribution in [3.63, 3.8) is 0 Å². The van der Waals surface area contributed by atoms with Crippen LogP contribution in [0.15, 0.2) is 71.1 Å². The summed E-state index contributed by atoms with van der Waals surface area (Å²) in [7, 11) is -4.44. The first-order valence-corrected chi connectivity index (χ1v) is 11.5. The Hall–Kier alpha value is -2.64. The maximum Gasteiger partial charge on any atom is 0.391 e. The highest BCUT2D eigenvalue weighted by molar-refractivity contribution is 7.59. The molecule has 3 aromatic rings. The van der Waals surface area contributed by atoms with Gasteiger partial charge in [-0.05, 0) is 55.0 Å². The van der Waals surface area contributed by atoms with Gasteiger partial charge in [0.2, 0.25) is 5.50 Å². The molecule has 4 rings (SSSR count). The predicted octanol–water partition coefficient (Wildman–Crippen LogP) is 4.01. The maximum atomic E-state index is 14.5. The van der Waals surface area contributed by atoms with Crippen LogP contribution in [0.3, 0.4) is 0 Å². The molecular weight excluding hydrogens is 424 g/mol. The average molecular weight is 447 g/mol. The summed E-state index contributed by atoms with van der Waals surface area (Å²) >= 11 is 0. The van der Waals surface area contributed by atoms with Crippen LogP contribution in [-0.2, 0) is 15.9 Å². The number of rotatable bonds is 8. The fourth-order valence-electron chi connectivity index (χ4n) is 3.54. The number of benzene rings is 2. The van der Waals surface area contributed by atoms with Crippen molar-refractivity contribution >= 4 is 18.8 Å². The molecule has 0 radical (unpaired) electrons. The highest BCUT2D eigenvalue weighted by Crippen LogP contribution is 2.34. The normalized spacial score (nSPS) is 19.0. The van der Waals surface area contributed by atoms with Crippen molar-refractivity contribution in [3.8, 4) is 11.5 Å². The molecule has 0 bridgehead atoms. The summed E-state index contributed by atoms with van der Waals surface area (Å²) in [6.45, 7) is 0.688. The molecule has 1 aromatic heterocycles. The van der Waals surface area contributed by atoms with Crippen LogP contribution in [0, 0.1) is 0 Å². The molecule has 1 aliphatic rings. The van der Waals surface area contributed by atoms with Gasteiger partial charge in [-0.3, -0.25) is 4.57 Å². The lowest BCUT2D eigenvalue weighted by Gasteiger charge is -2.27. The van der Waals surface area contributed by atoms with Crippen LogP contribution in [0.1, 0.15) is 12.2 Å². The number of ether oxygens (including phenoxy) is 2. The molecule has 2 atom stereocenters. The van der Waals surface area contributed by atoms with Crippen LogP contribution in [0.5, 0.6) is 11.5 Å². The van der Waals surface area contributed by atoms with Gasteiger partial charge in [-0.1, -0.05) is 18.2 Å². The molecule has 0 saturated carbocycles. The van der Waals surface area contributed by atoms with E-state index in [0.29, 0.717) is 18.7 Å². The van der Waals surface area contributed by atoms with Crippen molar-refractivity contribution < 1.29 is 32.6 Å². The third-order valence-corrected chi connectivity index (χ3v) is 5.89. The average Bonchev–Trinajstić information content (AvgIpc) is 3.37. The monoisotopic (exact) mass is 447 g/mol. The number of halogens is 1. The molecular formula is C22H23FNO6P. The summed E-state index contributed by atoms with van der Waals surface area (Å²) in [5.74, 6) is 1.71. The van der Waals surface area contributed by atoms with Crippen LogP contribution >= 0.6 is 7.60 Å². The largest absolute Gasteiger partial charge is 0.457 e. The molecule has 0 amide bonds. The van der Waals surface area contributed by atoms with E-state index in [9.17, 15) is 8.96 Å². The summed E-state index contributed by atoms with van der Waals surface area (Å²) in [6.07, 6.45) is -0.637. The van der Waals surface area contributed by atoms with Gasteiger partial charge in [0.1, 0.15) is 30.0 Å². The Morgan fingerprint density at radius 2 is 1.74 bits per heavy atom. The first kappa shape index (κ1) is 21.6. The number of hydrogen-bond donors (Lipinski definition) is 2. The summed E-state index contributed by atoms with van der Waals surface area (Å²) in [5.41, 5.74) is 0.464. The van der Waals surface area contributed by atoms with E-state index >= 15 is 0 Å². The van der Waals surface area contributed by atoms with Crippen LogP contribution in [0.2, 0.25) is 0 Å². The lowest BCUT2D eigenvalue weighted by molar-refractivity contribution is 0.0803. The standard InChI is InChI=1S/C22H23FNO6P/c23-20-12-13-24(16-6-8-18(9-7-16)29-17-4-2-1-3-5-17)21(20)15-28-14-19-10-11-22(30-19)31(25,26)27/h1-11,20-21H,12-15H2,(H2,25,26,27). The van der Waals surface area contributed by atoms with Gasteiger partial charge < -0.3 is 28.6 Å². The van der Waals surface area contributed by atoms with Gasteiger partial charge in [-0.25, -0.2) is 4.39 Å². The predicted molar refractivity (Wildman–Crippen MR) is 114 cm³/mol. The zero-order valence-corrected chi connectivity index (χ0v) is 17.5. The van der Waals surface area contributed by atoms with E-state index in [-0.39, 0.29) is 19.0 Å². The highest BCUT2D eigenvalue weighted by Gasteiger charge is 2.34. The summed E-state index contributed by atoms with van der Waals surface area (Å²) in [6, 6.07) is 19.1. The van der Waals surface area contributed by atoms with Gasteiger partial charge in [-0.15, -0.1) is 0 Å². The van der Waals surface area contributed by atoms with Crippen LogP contribution < -0.4 is 15.1 Å². The molecule has 164 valence electrons. The summed E-state index contributed by atoms with van der Waals surface area (Å²) in [5, 5.41) is 0. The molecule has 1 saturated heterocycles. The molecule has 7 nitrogen and oxygen atoms in total. The van der Waals surface area contributed by atoms with Gasteiger partial charge >= 0.3 is 7.60 Å². The summed E-state index contributed by atoms with van der Waals surface area (Å²) < 4.78 is 42.2. The van der Waals surface area contributed by atoms with E-state index in [4.69, 9.17) is 23.7 Å². The van der Waals surface area contributed by atoms with Gasteiger partial charge in [0.15, 0.2) is 0 Å². The molecule has 2 unspecified atom stereocenters. The van der Waals surface area contributed by atoms with Crippen molar-refractivity contribution in [2.24, 2.45) is 0 Å². The zero-order valence-electron chi connectivity index (χ0n) is 16.6. The molecule has 0 aliphatic carbocycles. The molecule has 2 aromatic carbocycles. The van der Waals surface area contributed by atoms with Gasteiger partial charge in [-0.2, -0.15) is 0 Å². The minimum Gasteiger partial charge on any atom is -0.457 e. The van der Waals surface area contributed by atoms with Crippen LogP contribution in [0.25, 0.3) is 0 Å². The number of furan rings is 1. The Morgan fingerprint density at radius 3 is 2.42 bits per heavy atom. The van der Waals surface area contributed by atoms with Crippen LogP contribution in [-0.4, -0.2) is 35.2 Å². The molecule has 1 fully saturated rings. The Balaban J connectivity index is 1.36. The second-order valence-electron chi connectivity index (χ2n) is 7.27. The van der Waals surface area contributed by atoms with E-state index in [2.05, 4.69) is 0 Å². The van der Waals surface area contributed by atoms with Crippen molar-refractivity contribution in [2.45, 2.75) is 25.2 Å². The molecule has 9 heteroatoms. The molecule has 1 aliphatic heterocycles. The molecule has 2 heterocycles. The molecule has 31 heavy (non-hydrogen) atoms. The van der Waals surface area contributed by atoms with Crippen molar-refractivity contribution in [2.75, 3.05) is 18.1 Å². The minimum atomic E-state index is -4.44. The van der Waals surface area contributed by atoms with Gasteiger partial charge in [0, 0.05) is 12.2 Å². The smallest absolute Gasteiger partial charge is 0.391 e. The minimum absolute atomic E-state index is 0.000906. The SMILES string of the molecule is O=P(O)(O)c1ccc(COCC2C(F)CCN2c2ccc(Oc3ccccc3)cc2)o1. The Labute approximate surface area is 179 Å². The second-order valence-corrected chi connectivity index (χ2v) is 8.80. The maximum absolute atomic E-state index is 14.5. The number of alkyl halides is 1. The van der Waals surface area contributed by atoms with E-state index in [1.807, 2.05) is 59.5 Å². The topological polar surface area (TPSA) is 92.4 Å². The zero-order chi connectivity index (χ0) is 21.8. The summed E-state index contributed by atoms with van der Waals surface area (Å²) in [4.78, 5) is 20.2.